The molecule has 9 heteroatoms. The van der Waals surface area contributed by atoms with Crippen molar-refractivity contribution in [2.45, 2.75) is 0 Å². The van der Waals surface area contributed by atoms with Crippen LogP contribution >= 0.6 is 0 Å². The van der Waals surface area contributed by atoms with Gasteiger partial charge < -0.3 is 20.1 Å². The summed E-state index contributed by atoms with van der Waals surface area (Å²) in [5.41, 5.74) is 8.42. The first-order valence-corrected chi connectivity index (χ1v) is 9.13. The highest BCUT2D eigenvalue weighted by atomic mass is 16.5. The molecule has 0 saturated heterocycles. The van der Waals surface area contributed by atoms with Crippen molar-refractivity contribution in [3.63, 3.8) is 0 Å². The molecular weight excluding hydrogens is 384 g/mol. The van der Waals surface area contributed by atoms with Gasteiger partial charge in [-0.05, 0) is 35.4 Å². The molecule has 30 heavy (non-hydrogen) atoms. The Hall–Kier alpha value is -3.88. The highest BCUT2D eigenvalue weighted by Crippen LogP contribution is 2.34. The average Bonchev–Trinajstić information content (AvgIpc) is 2.74. The Bertz CT molecular complexity index is 1140. The van der Waals surface area contributed by atoms with Gasteiger partial charge in [0, 0.05) is 21.1 Å². The summed E-state index contributed by atoms with van der Waals surface area (Å²) in [5, 5.41) is 8.52. The Labute approximate surface area is 174 Å². The van der Waals surface area contributed by atoms with Gasteiger partial charge in [-0.15, -0.1) is 5.11 Å². The van der Waals surface area contributed by atoms with Crippen LogP contribution in [0.1, 0.15) is 0 Å². The van der Waals surface area contributed by atoms with Crippen molar-refractivity contribution in [1.82, 2.24) is 9.55 Å². The zero-order valence-corrected chi connectivity index (χ0v) is 17.6. The SMILES string of the molecule is COc1ccc(-c2ccc(N=Nc3c(N)nc(=O)n(C)c3N(C)C)cc2)cc1OC. The zero-order valence-electron chi connectivity index (χ0n) is 17.6. The summed E-state index contributed by atoms with van der Waals surface area (Å²) in [6, 6.07) is 13.3. The molecule has 0 unspecified atom stereocenters. The highest BCUT2D eigenvalue weighted by molar-refractivity contribution is 5.73. The van der Waals surface area contributed by atoms with Gasteiger partial charge in [0.15, 0.2) is 23.0 Å². The van der Waals surface area contributed by atoms with Crippen molar-refractivity contribution in [3.8, 4) is 22.6 Å². The highest BCUT2D eigenvalue weighted by Gasteiger charge is 2.15. The van der Waals surface area contributed by atoms with Gasteiger partial charge in [0.25, 0.3) is 0 Å². The molecule has 2 N–H and O–H groups in total. The number of anilines is 2. The van der Waals surface area contributed by atoms with Crippen molar-refractivity contribution in [1.29, 1.82) is 0 Å². The topological polar surface area (TPSA) is 107 Å². The van der Waals surface area contributed by atoms with E-state index in [1.165, 1.54) is 4.57 Å². The molecule has 0 aliphatic rings. The Morgan fingerprint density at radius 3 is 2.20 bits per heavy atom. The summed E-state index contributed by atoms with van der Waals surface area (Å²) < 4.78 is 12.0. The molecule has 0 bridgehead atoms. The van der Waals surface area contributed by atoms with Gasteiger partial charge in [0.05, 0.1) is 19.9 Å². The number of aromatic nitrogens is 2. The second kappa shape index (κ2) is 8.64. The normalized spacial score (nSPS) is 11.0. The lowest BCUT2D eigenvalue weighted by Gasteiger charge is -2.18. The maximum atomic E-state index is 11.9. The molecule has 3 aromatic rings. The summed E-state index contributed by atoms with van der Waals surface area (Å²) in [7, 11) is 8.41. The van der Waals surface area contributed by atoms with Crippen molar-refractivity contribution in [2.24, 2.45) is 17.3 Å². The van der Waals surface area contributed by atoms with E-state index in [2.05, 4.69) is 15.2 Å². The van der Waals surface area contributed by atoms with Gasteiger partial charge >= 0.3 is 5.69 Å². The molecule has 3 rings (SSSR count). The van der Waals surface area contributed by atoms with Crippen molar-refractivity contribution in [2.75, 3.05) is 38.9 Å². The number of hydrogen-bond donors (Lipinski definition) is 1. The van der Waals surface area contributed by atoms with Crippen LogP contribution < -0.4 is 25.8 Å². The molecule has 0 aliphatic heterocycles. The maximum Gasteiger partial charge on any atom is 0.350 e. The van der Waals surface area contributed by atoms with Crippen molar-refractivity contribution < 1.29 is 9.47 Å². The van der Waals surface area contributed by atoms with E-state index in [9.17, 15) is 4.79 Å². The number of hydrogen-bond acceptors (Lipinski definition) is 8. The Balaban J connectivity index is 1.91. The van der Waals surface area contributed by atoms with Crippen molar-refractivity contribution in [3.05, 3.63) is 52.9 Å². The number of azo groups is 1. The van der Waals surface area contributed by atoms with Gasteiger partial charge in [-0.3, -0.25) is 4.57 Å². The number of benzene rings is 2. The lowest BCUT2D eigenvalue weighted by molar-refractivity contribution is 0.355. The maximum absolute atomic E-state index is 11.9. The lowest BCUT2D eigenvalue weighted by Crippen LogP contribution is -2.27. The molecule has 0 fully saturated rings. The number of nitrogens with two attached hydrogens (primary N) is 1. The van der Waals surface area contributed by atoms with E-state index in [-0.39, 0.29) is 5.82 Å². The fourth-order valence-corrected chi connectivity index (χ4v) is 3.05. The predicted octanol–water partition coefficient (Wildman–Crippen LogP) is 3.53. The molecule has 0 radical (unpaired) electrons. The summed E-state index contributed by atoms with van der Waals surface area (Å²) >= 11 is 0. The van der Waals surface area contributed by atoms with Crippen LogP contribution in [0.25, 0.3) is 11.1 Å². The number of nitrogens with zero attached hydrogens (tertiary/aromatic N) is 5. The number of ether oxygens (including phenoxy) is 2. The van der Waals surface area contributed by atoms with Crippen LogP contribution in [-0.4, -0.2) is 37.9 Å². The number of methoxy groups -OCH3 is 2. The average molecular weight is 408 g/mol. The minimum absolute atomic E-state index is 0.0347. The van der Waals surface area contributed by atoms with Crippen LogP contribution in [0.3, 0.4) is 0 Å². The predicted molar refractivity (Wildman–Crippen MR) is 117 cm³/mol. The third kappa shape index (κ3) is 4.09. The Kier molecular flexibility index (Phi) is 6.01. The van der Waals surface area contributed by atoms with Crippen LogP contribution in [0.4, 0.5) is 23.0 Å². The van der Waals surface area contributed by atoms with Crippen LogP contribution in [0, 0.1) is 0 Å². The fraction of sp³-hybridized carbons (Fsp3) is 0.238. The van der Waals surface area contributed by atoms with Crippen LogP contribution in [0.15, 0.2) is 57.5 Å². The molecule has 1 aromatic heterocycles. The van der Waals surface area contributed by atoms with Crippen LogP contribution in [0.5, 0.6) is 11.5 Å². The molecule has 156 valence electrons. The molecule has 0 saturated carbocycles. The first-order chi connectivity index (χ1) is 14.3. The molecular formula is C21H24N6O3. The quantitative estimate of drug-likeness (QED) is 0.625. The van der Waals surface area contributed by atoms with Gasteiger partial charge in [-0.1, -0.05) is 18.2 Å². The second-order valence-corrected chi connectivity index (χ2v) is 6.72. The lowest BCUT2D eigenvalue weighted by atomic mass is 10.0. The zero-order chi connectivity index (χ0) is 21.8. The fourth-order valence-electron chi connectivity index (χ4n) is 3.05. The largest absolute Gasteiger partial charge is 0.493 e. The first kappa shape index (κ1) is 20.8. The van der Waals surface area contributed by atoms with E-state index in [0.717, 1.165) is 11.1 Å². The number of nitrogen functional groups attached to an aromatic ring is 1. The monoisotopic (exact) mass is 408 g/mol. The molecule has 2 aromatic carbocycles. The molecule has 0 amide bonds. The summed E-state index contributed by atoms with van der Waals surface area (Å²) in [5.74, 6) is 1.89. The van der Waals surface area contributed by atoms with E-state index in [0.29, 0.717) is 28.7 Å². The molecule has 1 heterocycles. The van der Waals surface area contributed by atoms with E-state index < -0.39 is 5.69 Å². The minimum atomic E-state index is -0.450. The second-order valence-electron chi connectivity index (χ2n) is 6.72. The summed E-state index contributed by atoms with van der Waals surface area (Å²) in [6.45, 7) is 0. The van der Waals surface area contributed by atoms with Crippen molar-refractivity contribution >= 4 is 23.0 Å². The van der Waals surface area contributed by atoms with Crippen LogP contribution in [0.2, 0.25) is 0 Å². The first-order valence-electron chi connectivity index (χ1n) is 9.13. The smallest absolute Gasteiger partial charge is 0.350 e. The molecule has 0 aliphatic carbocycles. The minimum Gasteiger partial charge on any atom is -0.493 e. The number of rotatable bonds is 6. The summed E-state index contributed by atoms with van der Waals surface area (Å²) in [4.78, 5) is 17.4. The Morgan fingerprint density at radius 1 is 0.967 bits per heavy atom. The van der Waals surface area contributed by atoms with Gasteiger partial charge in [-0.25, -0.2) is 4.79 Å². The van der Waals surface area contributed by atoms with Crippen LogP contribution in [-0.2, 0) is 7.05 Å². The molecule has 9 nitrogen and oxygen atoms in total. The van der Waals surface area contributed by atoms with Gasteiger partial charge in [0.1, 0.15) is 5.82 Å². The van der Waals surface area contributed by atoms with E-state index >= 15 is 0 Å². The Morgan fingerprint density at radius 2 is 1.60 bits per heavy atom. The third-order valence-corrected chi connectivity index (χ3v) is 4.55. The van der Waals surface area contributed by atoms with E-state index in [1.807, 2.05) is 42.5 Å². The standard InChI is InChI=1S/C21H24N6O3/c1-26(2)20-18(19(22)23-21(28)27(20)3)25-24-15-9-6-13(7-10-15)14-8-11-16(29-4)17(12-14)30-5/h6-12H,1-5H3,(H2,22,23,28). The summed E-state index contributed by atoms with van der Waals surface area (Å²) in [6.07, 6.45) is 0. The third-order valence-electron chi connectivity index (χ3n) is 4.55. The molecule has 0 spiro atoms. The van der Waals surface area contributed by atoms with E-state index in [1.54, 1.807) is 40.3 Å². The van der Waals surface area contributed by atoms with Gasteiger partial charge in [0.2, 0.25) is 0 Å². The van der Waals surface area contributed by atoms with E-state index in [4.69, 9.17) is 15.2 Å². The van der Waals surface area contributed by atoms with Gasteiger partial charge in [-0.2, -0.15) is 10.1 Å². The molecule has 0 atom stereocenters.